The fourth-order valence-electron chi connectivity index (χ4n) is 3.70. The molecule has 0 radical (unpaired) electrons. The Bertz CT molecular complexity index is 789. The lowest BCUT2D eigenvalue weighted by molar-refractivity contribution is 0.0971. The molecule has 1 aliphatic rings. The third-order valence-corrected chi connectivity index (χ3v) is 5.28. The molecule has 3 rings (SSSR count). The maximum atomic E-state index is 5.71. The lowest BCUT2D eigenvalue weighted by atomic mass is 9.90. The zero-order chi connectivity index (χ0) is 19.8. The van der Waals surface area contributed by atoms with Crippen molar-refractivity contribution in [3.05, 3.63) is 83.5 Å². The molecule has 1 fully saturated rings. The molecular weight excluding hydrogens is 346 g/mol. The first-order chi connectivity index (χ1) is 13.7. The number of anilines is 1. The van der Waals surface area contributed by atoms with Crippen molar-refractivity contribution in [3.8, 4) is 5.75 Å². The van der Waals surface area contributed by atoms with Gasteiger partial charge in [-0.15, -0.1) is 0 Å². The smallest absolute Gasteiger partial charge is 0.119 e. The van der Waals surface area contributed by atoms with Crippen LogP contribution in [0.25, 0.3) is 0 Å². The van der Waals surface area contributed by atoms with E-state index >= 15 is 0 Å². The minimum absolute atomic E-state index is 0.213. The van der Waals surface area contributed by atoms with E-state index in [-0.39, 0.29) is 6.04 Å². The van der Waals surface area contributed by atoms with Crippen molar-refractivity contribution in [2.45, 2.75) is 32.7 Å². The molecule has 0 aliphatic carbocycles. The first-order valence-electron chi connectivity index (χ1n) is 10.0. The Morgan fingerprint density at radius 2 is 1.89 bits per heavy atom. The van der Waals surface area contributed by atoms with Gasteiger partial charge in [-0.1, -0.05) is 53.6 Å². The van der Waals surface area contributed by atoms with Gasteiger partial charge in [0.15, 0.2) is 0 Å². The minimum atomic E-state index is 0.213. The van der Waals surface area contributed by atoms with Gasteiger partial charge in [-0.25, -0.2) is 0 Å². The Balaban J connectivity index is 1.73. The third kappa shape index (κ3) is 5.49. The number of nitrogens with one attached hydrogen (secondary N) is 1. The summed E-state index contributed by atoms with van der Waals surface area (Å²) in [5.41, 5.74) is 5.33. The van der Waals surface area contributed by atoms with Crippen LogP contribution in [0.2, 0.25) is 0 Å². The van der Waals surface area contributed by atoms with Crippen LogP contribution < -0.4 is 10.1 Å². The van der Waals surface area contributed by atoms with Crippen LogP contribution in [0.1, 0.15) is 38.3 Å². The summed E-state index contributed by atoms with van der Waals surface area (Å²) >= 11 is 0. The summed E-state index contributed by atoms with van der Waals surface area (Å²) < 4.78 is 11.0. The van der Waals surface area contributed by atoms with Gasteiger partial charge in [-0.05, 0) is 56.5 Å². The molecule has 0 unspecified atom stereocenters. The highest BCUT2D eigenvalue weighted by atomic mass is 16.5. The van der Waals surface area contributed by atoms with Crippen LogP contribution in [-0.4, -0.2) is 20.3 Å². The Morgan fingerprint density at radius 1 is 1.14 bits per heavy atom. The number of ether oxygens (including phenoxy) is 2. The van der Waals surface area contributed by atoms with E-state index in [1.807, 2.05) is 12.1 Å². The van der Waals surface area contributed by atoms with Crippen molar-refractivity contribution < 1.29 is 9.47 Å². The molecule has 1 N–H and O–H groups in total. The molecule has 28 heavy (non-hydrogen) atoms. The van der Waals surface area contributed by atoms with E-state index in [1.165, 1.54) is 16.7 Å². The molecule has 0 amide bonds. The third-order valence-electron chi connectivity index (χ3n) is 5.28. The van der Waals surface area contributed by atoms with Gasteiger partial charge in [-0.3, -0.25) is 0 Å². The molecule has 0 aromatic heterocycles. The number of methoxy groups -OCH3 is 1. The molecule has 0 saturated carbocycles. The van der Waals surface area contributed by atoms with Gasteiger partial charge in [0.25, 0.3) is 0 Å². The zero-order valence-electron chi connectivity index (χ0n) is 17.2. The zero-order valence-corrected chi connectivity index (χ0v) is 17.2. The maximum absolute atomic E-state index is 5.71. The highest BCUT2D eigenvalue weighted by Crippen LogP contribution is 2.28. The molecule has 3 heteroatoms. The lowest BCUT2D eigenvalue weighted by Gasteiger charge is -2.25. The van der Waals surface area contributed by atoms with E-state index in [1.54, 1.807) is 7.11 Å². The van der Waals surface area contributed by atoms with Crippen LogP contribution in [0, 0.1) is 5.92 Å². The number of benzene rings is 2. The van der Waals surface area contributed by atoms with Gasteiger partial charge in [0.05, 0.1) is 26.4 Å². The fourth-order valence-corrected chi connectivity index (χ4v) is 3.70. The summed E-state index contributed by atoms with van der Waals surface area (Å²) in [5.74, 6) is 1.27. The Labute approximate surface area is 169 Å². The van der Waals surface area contributed by atoms with E-state index in [4.69, 9.17) is 9.47 Å². The summed E-state index contributed by atoms with van der Waals surface area (Å²) in [4.78, 5) is 0. The van der Waals surface area contributed by atoms with E-state index in [9.17, 15) is 0 Å². The quantitative estimate of drug-likeness (QED) is 0.586. The van der Waals surface area contributed by atoms with Crippen molar-refractivity contribution in [1.29, 1.82) is 0 Å². The number of hydrogen-bond donors (Lipinski definition) is 1. The van der Waals surface area contributed by atoms with Crippen molar-refractivity contribution in [3.63, 3.8) is 0 Å². The fraction of sp³-hybridized carbons (Fsp3) is 0.360. The monoisotopic (exact) mass is 377 g/mol. The highest BCUT2D eigenvalue weighted by molar-refractivity contribution is 5.48. The van der Waals surface area contributed by atoms with Gasteiger partial charge in [0, 0.05) is 11.6 Å². The second-order valence-electron chi connectivity index (χ2n) is 7.46. The normalized spacial score (nSPS) is 18.1. The SMILES string of the molecule is COc1ccc(N[C@H](C/C=C/[C@@H]2COCCC2=C(C)C)c2ccccc2)cc1. The summed E-state index contributed by atoms with van der Waals surface area (Å²) in [6.07, 6.45) is 6.59. The topological polar surface area (TPSA) is 30.5 Å². The summed E-state index contributed by atoms with van der Waals surface area (Å²) in [7, 11) is 1.69. The van der Waals surface area contributed by atoms with Gasteiger partial charge in [-0.2, -0.15) is 0 Å². The van der Waals surface area contributed by atoms with Crippen LogP contribution in [0.5, 0.6) is 5.75 Å². The lowest BCUT2D eigenvalue weighted by Crippen LogP contribution is -2.19. The molecule has 2 aromatic rings. The van der Waals surface area contributed by atoms with Crippen LogP contribution in [0.3, 0.4) is 0 Å². The second kappa shape index (κ2) is 10.1. The first kappa shape index (κ1) is 20.2. The first-order valence-corrected chi connectivity index (χ1v) is 10.0. The molecule has 3 nitrogen and oxygen atoms in total. The van der Waals surface area contributed by atoms with E-state index in [0.717, 1.165) is 37.5 Å². The number of hydrogen-bond acceptors (Lipinski definition) is 3. The van der Waals surface area contributed by atoms with Crippen molar-refractivity contribution in [1.82, 2.24) is 0 Å². The molecule has 1 heterocycles. The Kier molecular flexibility index (Phi) is 7.32. The van der Waals surface area contributed by atoms with Crippen LogP contribution >= 0.6 is 0 Å². The summed E-state index contributed by atoms with van der Waals surface area (Å²) in [6.45, 7) is 6.05. The summed E-state index contributed by atoms with van der Waals surface area (Å²) in [5, 5.41) is 3.67. The molecule has 2 aromatic carbocycles. The van der Waals surface area contributed by atoms with E-state index in [2.05, 4.69) is 73.8 Å². The predicted molar refractivity (Wildman–Crippen MR) is 117 cm³/mol. The Morgan fingerprint density at radius 3 is 2.57 bits per heavy atom. The average Bonchev–Trinajstić information content (AvgIpc) is 2.74. The Hall–Kier alpha value is -2.52. The van der Waals surface area contributed by atoms with Gasteiger partial charge in [0.2, 0.25) is 0 Å². The number of allylic oxidation sites excluding steroid dienone is 1. The van der Waals surface area contributed by atoms with E-state index < -0.39 is 0 Å². The van der Waals surface area contributed by atoms with Crippen molar-refractivity contribution >= 4 is 5.69 Å². The molecular formula is C25H31NO2. The van der Waals surface area contributed by atoms with Crippen LogP contribution in [0.15, 0.2) is 77.9 Å². The predicted octanol–water partition coefficient (Wildman–Crippen LogP) is 6.17. The van der Waals surface area contributed by atoms with Crippen molar-refractivity contribution in [2.24, 2.45) is 5.92 Å². The molecule has 1 aliphatic heterocycles. The van der Waals surface area contributed by atoms with Gasteiger partial charge in [0.1, 0.15) is 5.75 Å². The van der Waals surface area contributed by atoms with E-state index in [0.29, 0.717) is 5.92 Å². The largest absolute Gasteiger partial charge is 0.497 e. The van der Waals surface area contributed by atoms with Crippen LogP contribution in [0.4, 0.5) is 5.69 Å². The summed E-state index contributed by atoms with van der Waals surface area (Å²) in [6, 6.07) is 18.9. The molecule has 148 valence electrons. The van der Waals surface area contributed by atoms with Gasteiger partial charge < -0.3 is 14.8 Å². The maximum Gasteiger partial charge on any atom is 0.119 e. The number of rotatable bonds is 7. The minimum Gasteiger partial charge on any atom is -0.497 e. The highest BCUT2D eigenvalue weighted by Gasteiger charge is 2.18. The van der Waals surface area contributed by atoms with Crippen molar-refractivity contribution in [2.75, 3.05) is 25.6 Å². The standard InChI is InChI=1S/C25H31NO2/c1-19(2)24-16-17-28-18-21(24)10-7-11-25(20-8-5-4-6-9-20)26-22-12-14-23(27-3)15-13-22/h4-10,12-15,21,25-26H,11,16-18H2,1-3H3/b10-7+/t21-,25-/m1/s1. The molecule has 0 spiro atoms. The second-order valence-corrected chi connectivity index (χ2v) is 7.46. The average molecular weight is 378 g/mol. The van der Waals surface area contributed by atoms with Gasteiger partial charge >= 0.3 is 0 Å². The molecule has 1 saturated heterocycles. The molecule has 0 bridgehead atoms. The molecule has 2 atom stereocenters. The van der Waals surface area contributed by atoms with Crippen LogP contribution in [-0.2, 0) is 4.74 Å².